The molecular formula is C12H18Cl2N2. The van der Waals surface area contributed by atoms with Crippen LogP contribution in [0, 0.1) is 5.41 Å². The summed E-state index contributed by atoms with van der Waals surface area (Å²) in [7, 11) is 0. The maximum atomic E-state index is 5.93. The first-order chi connectivity index (χ1) is 7.44. The number of benzene rings is 1. The summed E-state index contributed by atoms with van der Waals surface area (Å²) in [6, 6.07) is 5.55. The molecule has 0 aliphatic carbocycles. The molecule has 4 heteroatoms. The Hall–Kier alpha value is -0.440. The maximum Gasteiger partial charge on any atom is 0.0612 e. The van der Waals surface area contributed by atoms with E-state index in [1.165, 1.54) is 0 Å². The van der Waals surface area contributed by atoms with Gasteiger partial charge in [0, 0.05) is 12.2 Å². The van der Waals surface area contributed by atoms with E-state index < -0.39 is 0 Å². The molecule has 0 bridgehead atoms. The predicted octanol–water partition coefficient (Wildman–Crippen LogP) is 3.78. The van der Waals surface area contributed by atoms with E-state index in [4.69, 9.17) is 28.9 Å². The van der Waals surface area contributed by atoms with Gasteiger partial charge in [-0.1, -0.05) is 37.0 Å². The lowest BCUT2D eigenvalue weighted by molar-refractivity contribution is 0.365. The summed E-state index contributed by atoms with van der Waals surface area (Å²) in [4.78, 5) is 0. The molecule has 0 amide bonds. The van der Waals surface area contributed by atoms with Gasteiger partial charge in [-0.2, -0.15) is 0 Å². The van der Waals surface area contributed by atoms with Gasteiger partial charge in [-0.25, -0.2) is 0 Å². The average Bonchev–Trinajstić information content (AvgIpc) is 2.20. The van der Waals surface area contributed by atoms with E-state index in [0.717, 1.165) is 18.7 Å². The van der Waals surface area contributed by atoms with Crippen LogP contribution in [0.1, 0.15) is 20.3 Å². The normalized spacial score (nSPS) is 11.6. The van der Waals surface area contributed by atoms with E-state index in [9.17, 15) is 0 Å². The first-order valence-corrected chi connectivity index (χ1v) is 6.09. The lowest BCUT2D eigenvalue weighted by Crippen LogP contribution is -2.26. The van der Waals surface area contributed by atoms with E-state index in [-0.39, 0.29) is 5.41 Å². The third-order valence-electron chi connectivity index (χ3n) is 2.51. The Morgan fingerprint density at radius 3 is 2.50 bits per heavy atom. The molecule has 0 aliphatic rings. The highest BCUT2D eigenvalue weighted by molar-refractivity contribution is 6.42. The summed E-state index contributed by atoms with van der Waals surface area (Å²) in [5.41, 5.74) is 6.73. The van der Waals surface area contributed by atoms with Crippen LogP contribution < -0.4 is 11.1 Å². The summed E-state index contributed by atoms with van der Waals surface area (Å²) in [5, 5.41) is 4.49. The molecule has 16 heavy (non-hydrogen) atoms. The van der Waals surface area contributed by atoms with Crippen molar-refractivity contribution in [2.45, 2.75) is 20.3 Å². The Bertz CT molecular complexity index is 351. The monoisotopic (exact) mass is 260 g/mol. The highest BCUT2D eigenvalue weighted by Crippen LogP contribution is 2.26. The maximum absolute atomic E-state index is 5.93. The van der Waals surface area contributed by atoms with Crippen molar-refractivity contribution < 1.29 is 0 Å². The van der Waals surface area contributed by atoms with Crippen LogP contribution in [-0.4, -0.2) is 13.1 Å². The standard InChI is InChI=1S/C12H18Cl2N2/c1-12(2,5-6-15)8-16-9-3-4-10(13)11(14)7-9/h3-4,7,16H,5-6,8,15H2,1-2H3. The van der Waals surface area contributed by atoms with Crippen LogP contribution in [0.4, 0.5) is 5.69 Å². The van der Waals surface area contributed by atoms with E-state index >= 15 is 0 Å². The van der Waals surface area contributed by atoms with Crippen molar-refractivity contribution in [2.24, 2.45) is 11.1 Å². The molecule has 0 fully saturated rings. The summed E-state index contributed by atoms with van der Waals surface area (Å²) in [5.74, 6) is 0. The number of hydrogen-bond donors (Lipinski definition) is 2. The highest BCUT2D eigenvalue weighted by atomic mass is 35.5. The lowest BCUT2D eigenvalue weighted by Gasteiger charge is -2.24. The number of hydrogen-bond acceptors (Lipinski definition) is 2. The SMILES string of the molecule is CC(C)(CCN)CNc1ccc(Cl)c(Cl)c1. The average molecular weight is 261 g/mol. The molecule has 1 aromatic carbocycles. The number of halogens is 2. The summed E-state index contributed by atoms with van der Waals surface area (Å²) in [6.45, 7) is 5.94. The number of rotatable bonds is 5. The highest BCUT2D eigenvalue weighted by Gasteiger charge is 2.16. The molecule has 90 valence electrons. The van der Waals surface area contributed by atoms with Crippen molar-refractivity contribution in [1.82, 2.24) is 0 Å². The van der Waals surface area contributed by atoms with Gasteiger partial charge in [0.05, 0.1) is 10.0 Å². The second kappa shape index (κ2) is 5.76. The Morgan fingerprint density at radius 2 is 1.94 bits per heavy atom. The first kappa shape index (κ1) is 13.6. The second-order valence-corrected chi connectivity index (χ2v) is 5.50. The van der Waals surface area contributed by atoms with Gasteiger partial charge < -0.3 is 11.1 Å². The molecule has 0 unspecified atom stereocenters. The van der Waals surface area contributed by atoms with E-state index in [1.807, 2.05) is 12.1 Å². The molecule has 0 spiro atoms. The molecule has 0 aromatic heterocycles. The van der Waals surface area contributed by atoms with Gasteiger partial charge in [0.15, 0.2) is 0 Å². The summed E-state index contributed by atoms with van der Waals surface area (Å²) >= 11 is 11.8. The van der Waals surface area contributed by atoms with E-state index in [0.29, 0.717) is 16.6 Å². The Labute approximate surface area is 107 Å². The van der Waals surface area contributed by atoms with Crippen LogP contribution in [0.5, 0.6) is 0 Å². The minimum Gasteiger partial charge on any atom is -0.384 e. The van der Waals surface area contributed by atoms with Crippen LogP contribution in [0.25, 0.3) is 0 Å². The number of nitrogens with two attached hydrogens (primary N) is 1. The van der Waals surface area contributed by atoms with Crippen molar-refractivity contribution in [3.05, 3.63) is 28.2 Å². The molecule has 0 saturated heterocycles. The predicted molar refractivity (Wildman–Crippen MR) is 72.4 cm³/mol. The Morgan fingerprint density at radius 1 is 1.25 bits per heavy atom. The molecule has 2 nitrogen and oxygen atoms in total. The molecule has 0 atom stereocenters. The van der Waals surface area contributed by atoms with Gasteiger partial charge in [0.2, 0.25) is 0 Å². The van der Waals surface area contributed by atoms with Crippen LogP contribution in [-0.2, 0) is 0 Å². The molecule has 3 N–H and O–H groups in total. The van der Waals surface area contributed by atoms with Crippen molar-refractivity contribution in [2.75, 3.05) is 18.4 Å². The quantitative estimate of drug-likeness (QED) is 0.846. The zero-order chi connectivity index (χ0) is 12.2. The van der Waals surface area contributed by atoms with Gasteiger partial charge in [0.1, 0.15) is 0 Å². The minimum absolute atomic E-state index is 0.181. The van der Waals surface area contributed by atoms with Crippen molar-refractivity contribution in [1.29, 1.82) is 0 Å². The van der Waals surface area contributed by atoms with Gasteiger partial charge in [0.25, 0.3) is 0 Å². The van der Waals surface area contributed by atoms with Crippen LogP contribution in [0.15, 0.2) is 18.2 Å². The van der Waals surface area contributed by atoms with Crippen molar-refractivity contribution in [3.8, 4) is 0 Å². The van der Waals surface area contributed by atoms with Crippen molar-refractivity contribution >= 4 is 28.9 Å². The smallest absolute Gasteiger partial charge is 0.0612 e. The van der Waals surface area contributed by atoms with Crippen LogP contribution in [0.3, 0.4) is 0 Å². The zero-order valence-electron chi connectivity index (χ0n) is 9.69. The fourth-order valence-electron chi connectivity index (χ4n) is 1.43. The molecule has 1 aromatic rings. The fourth-order valence-corrected chi connectivity index (χ4v) is 1.72. The van der Waals surface area contributed by atoms with E-state index in [2.05, 4.69) is 19.2 Å². The topological polar surface area (TPSA) is 38.0 Å². The number of nitrogens with one attached hydrogen (secondary N) is 1. The lowest BCUT2D eigenvalue weighted by atomic mass is 9.89. The molecule has 0 saturated carbocycles. The largest absolute Gasteiger partial charge is 0.384 e. The number of anilines is 1. The molecule has 0 heterocycles. The molecule has 0 radical (unpaired) electrons. The third kappa shape index (κ3) is 4.20. The summed E-state index contributed by atoms with van der Waals surface area (Å²) < 4.78 is 0. The Balaban J connectivity index is 2.57. The van der Waals surface area contributed by atoms with Gasteiger partial charge in [-0.15, -0.1) is 0 Å². The Kier molecular flexibility index (Phi) is 4.90. The van der Waals surface area contributed by atoms with Gasteiger partial charge in [-0.05, 0) is 36.6 Å². The third-order valence-corrected chi connectivity index (χ3v) is 3.25. The molecule has 1 rings (SSSR count). The summed E-state index contributed by atoms with van der Waals surface area (Å²) in [6.07, 6.45) is 0.987. The molecule has 0 aliphatic heterocycles. The van der Waals surface area contributed by atoms with Crippen LogP contribution in [0.2, 0.25) is 10.0 Å². The zero-order valence-corrected chi connectivity index (χ0v) is 11.2. The van der Waals surface area contributed by atoms with E-state index in [1.54, 1.807) is 6.07 Å². The van der Waals surface area contributed by atoms with Gasteiger partial charge >= 0.3 is 0 Å². The first-order valence-electron chi connectivity index (χ1n) is 5.33. The van der Waals surface area contributed by atoms with Crippen LogP contribution >= 0.6 is 23.2 Å². The fraction of sp³-hybridized carbons (Fsp3) is 0.500. The minimum atomic E-state index is 0.181. The molecular weight excluding hydrogens is 243 g/mol. The van der Waals surface area contributed by atoms with Crippen molar-refractivity contribution in [3.63, 3.8) is 0 Å². The van der Waals surface area contributed by atoms with Gasteiger partial charge in [-0.3, -0.25) is 0 Å². The second-order valence-electron chi connectivity index (χ2n) is 4.69.